The van der Waals surface area contributed by atoms with E-state index in [9.17, 15) is 9.90 Å². The molecule has 3 rings (SSSR count). The summed E-state index contributed by atoms with van der Waals surface area (Å²) in [5, 5.41) is 11.4. The standard InChI is InChI=1S/C19H25ClO4/c1-4-12(2)14(13(3)20)15-16(21)19(24-17(15)22)9-7-18(8-10-19)6-5-11-23-18/h4,21H,5-11H2,1-3H3/b12-4-,14-13-. The molecule has 1 saturated carbocycles. The van der Waals surface area contributed by atoms with Gasteiger partial charge in [0.2, 0.25) is 0 Å². The first-order valence-corrected chi connectivity index (χ1v) is 9.03. The molecule has 2 spiro atoms. The van der Waals surface area contributed by atoms with Crippen molar-refractivity contribution in [2.24, 2.45) is 0 Å². The summed E-state index contributed by atoms with van der Waals surface area (Å²) in [6.45, 7) is 6.29. The summed E-state index contributed by atoms with van der Waals surface area (Å²) in [6.07, 6.45) is 6.81. The molecule has 0 atom stereocenters. The fourth-order valence-electron chi connectivity index (χ4n) is 4.21. The van der Waals surface area contributed by atoms with Crippen LogP contribution in [-0.4, -0.2) is 28.9 Å². The van der Waals surface area contributed by atoms with E-state index in [1.165, 1.54) is 0 Å². The molecule has 4 nitrogen and oxygen atoms in total. The first-order valence-electron chi connectivity index (χ1n) is 8.65. The Morgan fingerprint density at radius 2 is 1.88 bits per heavy atom. The van der Waals surface area contributed by atoms with Gasteiger partial charge in [-0.25, -0.2) is 4.79 Å². The molecule has 2 fully saturated rings. The van der Waals surface area contributed by atoms with Crippen LogP contribution in [0.4, 0.5) is 0 Å². The molecule has 0 aromatic rings. The van der Waals surface area contributed by atoms with Crippen LogP contribution >= 0.6 is 11.6 Å². The van der Waals surface area contributed by atoms with Crippen molar-refractivity contribution in [3.63, 3.8) is 0 Å². The van der Waals surface area contributed by atoms with Gasteiger partial charge in [-0.3, -0.25) is 0 Å². The van der Waals surface area contributed by atoms with Crippen LogP contribution in [0.25, 0.3) is 0 Å². The third-order valence-corrected chi connectivity index (χ3v) is 5.93. The predicted molar refractivity (Wildman–Crippen MR) is 92.8 cm³/mol. The van der Waals surface area contributed by atoms with E-state index in [1.54, 1.807) is 6.92 Å². The maximum absolute atomic E-state index is 12.5. The zero-order chi connectivity index (χ0) is 17.5. The van der Waals surface area contributed by atoms with Crippen molar-refractivity contribution in [2.75, 3.05) is 6.61 Å². The summed E-state index contributed by atoms with van der Waals surface area (Å²) >= 11 is 6.22. The Kier molecular flexibility index (Phi) is 4.56. The summed E-state index contributed by atoms with van der Waals surface area (Å²) in [6, 6.07) is 0. The number of hydrogen-bond acceptors (Lipinski definition) is 4. The third kappa shape index (κ3) is 2.70. The van der Waals surface area contributed by atoms with Gasteiger partial charge >= 0.3 is 5.97 Å². The first kappa shape index (κ1) is 17.6. The molecule has 1 saturated heterocycles. The molecular formula is C19H25ClO4. The summed E-state index contributed by atoms with van der Waals surface area (Å²) in [5.74, 6) is -0.441. The Balaban J connectivity index is 1.94. The SMILES string of the molecule is C/C=C(C)\C(C1=C(O)C2(CCC3(CCCO3)CC2)OC1=O)=C(/C)Cl. The summed E-state index contributed by atoms with van der Waals surface area (Å²) in [4.78, 5) is 12.5. The fraction of sp³-hybridized carbons (Fsp3) is 0.632. The van der Waals surface area contributed by atoms with E-state index in [1.807, 2.05) is 19.9 Å². The summed E-state index contributed by atoms with van der Waals surface area (Å²) < 4.78 is 11.6. The van der Waals surface area contributed by atoms with Crippen LogP contribution in [0.1, 0.15) is 59.3 Å². The van der Waals surface area contributed by atoms with E-state index in [-0.39, 0.29) is 16.9 Å². The van der Waals surface area contributed by atoms with Crippen LogP contribution in [0.15, 0.2) is 33.6 Å². The van der Waals surface area contributed by atoms with E-state index in [0.29, 0.717) is 23.4 Å². The molecule has 1 aliphatic carbocycles. The molecule has 1 N–H and O–H groups in total. The maximum atomic E-state index is 12.5. The Hall–Kier alpha value is -1.26. The number of carbonyl (C=O) groups excluding carboxylic acids is 1. The smallest absolute Gasteiger partial charge is 0.343 e. The van der Waals surface area contributed by atoms with Crippen molar-refractivity contribution in [1.29, 1.82) is 0 Å². The third-order valence-electron chi connectivity index (χ3n) is 5.74. The maximum Gasteiger partial charge on any atom is 0.343 e. The number of carbonyl (C=O) groups is 1. The van der Waals surface area contributed by atoms with E-state index in [0.717, 1.165) is 37.9 Å². The molecule has 0 aromatic carbocycles. The van der Waals surface area contributed by atoms with Crippen molar-refractivity contribution in [1.82, 2.24) is 0 Å². The highest BCUT2D eigenvalue weighted by molar-refractivity contribution is 6.30. The molecule has 0 aromatic heterocycles. The van der Waals surface area contributed by atoms with E-state index < -0.39 is 11.6 Å². The average Bonchev–Trinajstić information content (AvgIpc) is 3.09. The van der Waals surface area contributed by atoms with Gasteiger partial charge in [-0.2, -0.15) is 0 Å². The summed E-state index contributed by atoms with van der Waals surface area (Å²) in [7, 11) is 0. The number of aliphatic hydroxyl groups is 1. The topological polar surface area (TPSA) is 55.8 Å². The number of allylic oxidation sites excluding steroid dienone is 3. The Morgan fingerprint density at radius 1 is 1.21 bits per heavy atom. The monoisotopic (exact) mass is 352 g/mol. The van der Waals surface area contributed by atoms with Crippen LogP contribution in [0.5, 0.6) is 0 Å². The second kappa shape index (κ2) is 6.23. The lowest BCUT2D eigenvalue weighted by Crippen LogP contribution is -2.44. The molecule has 5 heteroatoms. The largest absolute Gasteiger partial charge is 0.507 e. The Morgan fingerprint density at radius 3 is 2.38 bits per heavy atom. The molecule has 0 bridgehead atoms. The molecule has 132 valence electrons. The van der Waals surface area contributed by atoms with E-state index in [2.05, 4.69) is 0 Å². The van der Waals surface area contributed by atoms with Gasteiger partial charge in [0.25, 0.3) is 0 Å². The predicted octanol–water partition coefficient (Wildman–Crippen LogP) is 4.70. The van der Waals surface area contributed by atoms with Crippen molar-refractivity contribution >= 4 is 17.6 Å². The molecular weight excluding hydrogens is 328 g/mol. The van der Waals surface area contributed by atoms with Gasteiger partial charge in [0.1, 0.15) is 5.57 Å². The van der Waals surface area contributed by atoms with Crippen LogP contribution < -0.4 is 0 Å². The van der Waals surface area contributed by atoms with Crippen LogP contribution in [0, 0.1) is 0 Å². The molecule has 0 radical (unpaired) electrons. The van der Waals surface area contributed by atoms with Gasteiger partial charge in [-0.1, -0.05) is 17.7 Å². The highest BCUT2D eigenvalue weighted by atomic mass is 35.5. The minimum absolute atomic E-state index is 0.0385. The lowest BCUT2D eigenvalue weighted by Gasteiger charge is -2.41. The quantitative estimate of drug-likeness (QED) is 0.578. The molecule has 0 amide bonds. The molecule has 2 aliphatic heterocycles. The van der Waals surface area contributed by atoms with Crippen LogP contribution in [0.3, 0.4) is 0 Å². The van der Waals surface area contributed by atoms with Gasteiger partial charge in [0, 0.05) is 17.2 Å². The minimum Gasteiger partial charge on any atom is -0.507 e. The van der Waals surface area contributed by atoms with Crippen molar-refractivity contribution in [3.8, 4) is 0 Å². The zero-order valence-electron chi connectivity index (χ0n) is 14.6. The highest BCUT2D eigenvalue weighted by Gasteiger charge is 2.54. The Bertz CT molecular complexity index is 636. The average molecular weight is 353 g/mol. The second-order valence-electron chi connectivity index (χ2n) is 7.12. The minimum atomic E-state index is -0.908. The Labute approximate surface area is 148 Å². The normalized spacial score (nSPS) is 35.0. The number of rotatable bonds is 2. The summed E-state index contributed by atoms with van der Waals surface area (Å²) in [5.41, 5.74) is 0.665. The lowest BCUT2D eigenvalue weighted by atomic mass is 9.73. The molecule has 0 unspecified atom stereocenters. The lowest BCUT2D eigenvalue weighted by molar-refractivity contribution is -0.157. The van der Waals surface area contributed by atoms with Gasteiger partial charge in [-0.05, 0) is 64.9 Å². The van der Waals surface area contributed by atoms with Crippen LogP contribution in [-0.2, 0) is 14.3 Å². The van der Waals surface area contributed by atoms with Gasteiger partial charge in [0.15, 0.2) is 11.4 Å². The van der Waals surface area contributed by atoms with Crippen molar-refractivity contribution in [3.05, 3.63) is 33.6 Å². The number of halogens is 1. The molecule has 2 heterocycles. The number of esters is 1. The molecule has 24 heavy (non-hydrogen) atoms. The number of aliphatic hydroxyl groups excluding tert-OH is 1. The van der Waals surface area contributed by atoms with Gasteiger partial charge < -0.3 is 14.6 Å². The van der Waals surface area contributed by atoms with Crippen molar-refractivity contribution in [2.45, 2.75) is 70.5 Å². The zero-order valence-corrected chi connectivity index (χ0v) is 15.3. The fourth-order valence-corrected chi connectivity index (χ4v) is 4.45. The van der Waals surface area contributed by atoms with E-state index >= 15 is 0 Å². The van der Waals surface area contributed by atoms with Gasteiger partial charge in [0.05, 0.1) is 5.60 Å². The van der Waals surface area contributed by atoms with E-state index in [4.69, 9.17) is 21.1 Å². The number of hydrogen-bond donors (Lipinski definition) is 1. The highest BCUT2D eigenvalue weighted by Crippen LogP contribution is 2.51. The first-order chi connectivity index (χ1) is 11.3. The van der Waals surface area contributed by atoms with Gasteiger partial charge in [-0.15, -0.1) is 0 Å². The molecule has 3 aliphatic rings. The number of ether oxygens (including phenoxy) is 2. The van der Waals surface area contributed by atoms with Crippen molar-refractivity contribution < 1.29 is 19.4 Å². The second-order valence-corrected chi connectivity index (χ2v) is 7.69. The van der Waals surface area contributed by atoms with Crippen LogP contribution in [0.2, 0.25) is 0 Å².